The number of carbonyl (C=O) groups excluding carboxylic acids is 1. The first-order valence-electron chi connectivity index (χ1n) is 11.6. The fourth-order valence-corrected chi connectivity index (χ4v) is 5.12. The molecule has 1 amide bonds. The summed E-state index contributed by atoms with van der Waals surface area (Å²) in [5.74, 6) is -0.990. The first-order chi connectivity index (χ1) is 16.9. The highest BCUT2D eigenvalue weighted by atomic mass is 16.3. The Morgan fingerprint density at radius 3 is 2.31 bits per heavy atom. The van der Waals surface area contributed by atoms with E-state index < -0.39 is 11.8 Å². The van der Waals surface area contributed by atoms with E-state index in [9.17, 15) is 14.7 Å². The largest absolute Gasteiger partial charge is 0.392 e. The number of rotatable bonds is 6. The fraction of sp³-hybridized carbons (Fsp3) is 0.172. The minimum absolute atomic E-state index is 0.0318. The van der Waals surface area contributed by atoms with Crippen molar-refractivity contribution in [3.8, 4) is 0 Å². The molecule has 5 rings (SSSR count). The van der Waals surface area contributed by atoms with Gasteiger partial charge in [0.25, 0.3) is 5.56 Å². The summed E-state index contributed by atoms with van der Waals surface area (Å²) in [6, 6.07) is 23.3. The number of aryl methyl sites for hydroxylation is 2. The average Bonchev–Trinajstić information content (AvgIpc) is 3.21. The lowest BCUT2D eigenvalue weighted by atomic mass is 9.83. The van der Waals surface area contributed by atoms with Crippen molar-refractivity contribution in [3.63, 3.8) is 0 Å². The van der Waals surface area contributed by atoms with Crippen LogP contribution in [0.3, 0.4) is 0 Å². The van der Waals surface area contributed by atoms with Crippen LogP contribution in [-0.2, 0) is 24.9 Å². The van der Waals surface area contributed by atoms with Gasteiger partial charge in [0.15, 0.2) is 0 Å². The maximum atomic E-state index is 13.9. The predicted octanol–water partition coefficient (Wildman–Crippen LogP) is 4.03. The van der Waals surface area contributed by atoms with E-state index in [4.69, 9.17) is 5.73 Å². The van der Waals surface area contributed by atoms with Gasteiger partial charge in [-0.15, -0.1) is 0 Å². The molecular weight excluding hydrogens is 438 g/mol. The molecule has 0 spiro atoms. The number of primary amides is 1. The van der Waals surface area contributed by atoms with E-state index in [0.29, 0.717) is 11.1 Å². The number of carbonyl (C=O) groups is 1. The van der Waals surface area contributed by atoms with Crippen molar-refractivity contribution >= 4 is 27.7 Å². The molecule has 6 nitrogen and oxygen atoms in total. The van der Waals surface area contributed by atoms with Crippen LogP contribution in [0.1, 0.15) is 39.4 Å². The first kappa shape index (κ1) is 22.6. The fourth-order valence-electron chi connectivity index (χ4n) is 5.12. The van der Waals surface area contributed by atoms with E-state index in [1.165, 1.54) is 0 Å². The molecule has 2 heterocycles. The third-order valence-electron chi connectivity index (χ3n) is 6.79. The summed E-state index contributed by atoms with van der Waals surface area (Å²) >= 11 is 0. The lowest BCUT2D eigenvalue weighted by Crippen LogP contribution is -2.28. The van der Waals surface area contributed by atoms with Crippen LogP contribution in [0, 0.1) is 6.92 Å². The maximum absolute atomic E-state index is 13.9. The smallest absolute Gasteiger partial charge is 0.255 e. The van der Waals surface area contributed by atoms with Crippen LogP contribution in [0.4, 0.5) is 0 Å². The number of aliphatic hydroxyl groups excluding tert-OH is 1. The minimum Gasteiger partial charge on any atom is -0.392 e. The van der Waals surface area contributed by atoms with E-state index in [1.54, 1.807) is 11.6 Å². The molecule has 35 heavy (non-hydrogen) atoms. The number of fused-ring (bicyclic) bond motifs is 2. The van der Waals surface area contributed by atoms with Crippen LogP contribution in [0.15, 0.2) is 77.6 Å². The summed E-state index contributed by atoms with van der Waals surface area (Å²) in [5.41, 5.74) is 11.6. The summed E-state index contributed by atoms with van der Waals surface area (Å²) in [4.78, 5) is 29.5. The van der Waals surface area contributed by atoms with E-state index in [2.05, 4.69) is 4.98 Å². The van der Waals surface area contributed by atoms with Gasteiger partial charge in [-0.25, -0.2) is 0 Å². The SMILES string of the molecule is Cc1ccc(C(c2[nH]c3ccccc3c2CC(N)=O)c2c(CO)c3ccccc3n(C)c2=O)cc1. The molecule has 5 aromatic rings. The predicted molar refractivity (Wildman–Crippen MR) is 138 cm³/mol. The number of aromatic nitrogens is 2. The first-order valence-corrected chi connectivity index (χ1v) is 11.6. The number of amides is 1. The number of nitrogens with zero attached hydrogens (tertiary/aromatic N) is 1. The van der Waals surface area contributed by atoms with Gasteiger partial charge in [-0.1, -0.05) is 66.2 Å². The molecular formula is C29H27N3O3. The van der Waals surface area contributed by atoms with Gasteiger partial charge in [0, 0.05) is 34.6 Å². The standard InChI is InChI=1S/C29H27N3O3/c1-17-11-13-18(14-12-17)26(28-21(15-25(30)34)19-7-3-5-9-23(19)31-28)27-22(16-33)20-8-4-6-10-24(20)32(2)29(27)35/h3-14,26,31,33H,15-16H2,1-2H3,(H2,30,34). The molecule has 0 saturated carbocycles. The van der Waals surface area contributed by atoms with Gasteiger partial charge < -0.3 is 20.4 Å². The lowest BCUT2D eigenvalue weighted by molar-refractivity contribution is -0.117. The molecule has 0 aliphatic carbocycles. The normalized spacial score (nSPS) is 12.3. The number of benzene rings is 3. The molecule has 0 saturated heterocycles. The Hall–Kier alpha value is -4.16. The molecule has 176 valence electrons. The highest BCUT2D eigenvalue weighted by Gasteiger charge is 2.30. The van der Waals surface area contributed by atoms with Crippen molar-refractivity contribution in [3.05, 3.63) is 117 Å². The Bertz CT molecular complexity index is 1630. The quantitative estimate of drug-likeness (QED) is 0.353. The molecule has 0 bridgehead atoms. The van der Waals surface area contributed by atoms with Crippen LogP contribution >= 0.6 is 0 Å². The summed E-state index contributed by atoms with van der Waals surface area (Å²) in [6.07, 6.45) is 0.0318. The molecule has 0 radical (unpaired) electrons. The number of para-hydroxylation sites is 2. The number of hydrogen-bond acceptors (Lipinski definition) is 3. The molecule has 0 fully saturated rings. The zero-order valence-electron chi connectivity index (χ0n) is 19.7. The van der Waals surface area contributed by atoms with Crippen LogP contribution in [0.5, 0.6) is 0 Å². The van der Waals surface area contributed by atoms with E-state index in [0.717, 1.165) is 44.2 Å². The number of aromatic amines is 1. The minimum atomic E-state index is -0.539. The number of pyridine rings is 1. The summed E-state index contributed by atoms with van der Waals surface area (Å²) < 4.78 is 1.63. The highest BCUT2D eigenvalue weighted by molar-refractivity contribution is 5.91. The van der Waals surface area contributed by atoms with Crippen molar-refractivity contribution in [1.29, 1.82) is 0 Å². The van der Waals surface area contributed by atoms with Gasteiger partial charge in [-0.05, 0) is 35.7 Å². The van der Waals surface area contributed by atoms with Crippen molar-refractivity contribution in [1.82, 2.24) is 9.55 Å². The zero-order valence-corrected chi connectivity index (χ0v) is 19.7. The van der Waals surface area contributed by atoms with Gasteiger partial charge in [0.1, 0.15) is 0 Å². The van der Waals surface area contributed by atoms with E-state index in [-0.39, 0.29) is 18.6 Å². The van der Waals surface area contributed by atoms with Crippen molar-refractivity contribution in [2.45, 2.75) is 25.9 Å². The molecule has 6 heteroatoms. The van der Waals surface area contributed by atoms with Gasteiger partial charge in [-0.3, -0.25) is 9.59 Å². The Kier molecular flexibility index (Phi) is 5.75. The van der Waals surface area contributed by atoms with E-state index in [1.807, 2.05) is 79.7 Å². The van der Waals surface area contributed by atoms with Gasteiger partial charge in [0.2, 0.25) is 5.91 Å². The highest BCUT2D eigenvalue weighted by Crippen LogP contribution is 2.38. The second-order valence-electron chi connectivity index (χ2n) is 8.98. The van der Waals surface area contributed by atoms with Crippen molar-refractivity contribution in [2.75, 3.05) is 0 Å². The number of hydrogen-bond donors (Lipinski definition) is 3. The number of nitrogens with two attached hydrogens (primary N) is 1. The second-order valence-corrected chi connectivity index (χ2v) is 8.98. The monoisotopic (exact) mass is 465 g/mol. The molecule has 1 unspecified atom stereocenters. The molecule has 2 aromatic heterocycles. The Morgan fingerprint density at radius 2 is 1.63 bits per heavy atom. The Labute approximate surface area is 202 Å². The third kappa shape index (κ3) is 3.82. The summed E-state index contributed by atoms with van der Waals surface area (Å²) in [5, 5.41) is 12.2. The molecule has 0 aliphatic rings. The van der Waals surface area contributed by atoms with E-state index >= 15 is 0 Å². The van der Waals surface area contributed by atoms with Gasteiger partial charge >= 0.3 is 0 Å². The topological polar surface area (TPSA) is 101 Å². The summed E-state index contributed by atoms with van der Waals surface area (Å²) in [7, 11) is 1.75. The lowest BCUT2D eigenvalue weighted by Gasteiger charge is -2.23. The number of nitrogens with one attached hydrogen (secondary N) is 1. The molecule has 4 N–H and O–H groups in total. The van der Waals surface area contributed by atoms with Gasteiger partial charge in [0.05, 0.1) is 24.5 Å². The Balaban J connectivity index is 1.92. The number of H-pyrrole nitrogens is 1. The molecule has 0 aliphatic heterocycles. The van der Waals surface area contributed by atoms with Gasteiger partial charge in [-0.2, -0.15) is 0 Å². The average molecular weight is 466 g/mol. The third-order valence-corrected chi connectivity index (χ3v) is 6.79. The second kappa shape index (κ2) is 8.89. The summed E-state index contributed by atoms with van der Waals surface area (Å²) in [6.45, 7) is 1.72. The zero-order chi connectivity index (χ0) is 24.7. The van der Waals surface area contributed by atoms with Crippen LogP contribution < -0.4 is 11.3 Å². The maximum Gasteiger partial charge on any atom is 0.255 e. The van der Waals surface area contributed by atoms with Crippen molar-refractivity contribution < 1.29 is 9.90 Å². The number of aliphatic hydroxyl groups is 1. The molecule has 1 atom stereocenters. The van der Waals surface area contributed by atoms with Crippen LogP contribution in [0.25, 0.3) is 21.8 Å². The van der Waals surface area contributed by atoms with Crippen LogP contribution in [0.2, 0.25) is 0 Å². The van der Waals surface area contributed by atoms with Crippen molar-refractivity contribution in [2.24, 2.45) is 12.8 Å². The molecule has 3 aromatic carbocycles. The van der Waals surface area contributed by atoms with Crippen LogP contribution in [-0.4, -0.2) is 20.6 Å². The Morgan fingerprint density at radius 1 is 0.971 bits per heavy atom.